The quantitative estimate of drug-likeness (QED) is 0.625. The first kappa shape index (κ1) is 23.9. The molecule has 1 aliphatic heterocycles. The molecule has 2 N–H and O–H groups in total. The van der Waals surface area contributed by atoms with Crippen LogP contribution in [0.3, 0.4) is 0 Å². The van der Waals surface area contributed by atoms with E-state index in [0.29, 0.717) is 36.0 Å². The number of carbonyl (C=O) groups excluding carboxylic acids is 1. The van der Waals surface area contributed by atoms with Crippen LogP contribution in [0, 0.1) is 5.82 Å². The molecule has 32 heavy (non-hydrogen) atoms. The molecule has 0 spiro atoms. The second kappa shape index (κ2) is 10.7. The van der Waals surface area contributed by atoms with E-state index in [1.165, 1.54) is 18.3 Å². The molecular weight excluding hydrogens is 435 g/mol. The highest BCUT2D eigenvalue weighted by Crippen LogP contribution is 2.21. The number of aromatic nitrogens is 1. The summed E-state index contributed by atoms with van der Waals surface area (Å²) in [5, 5.41) is 12.4. The van der Waals surface area contributed by atoms with Crippen molar-refractivity contribution in [2.45, 2.75) is 45.3 Å². The number of piperazine rings is 1. The summed E-state index contributed by atoms with van der Waals surface area (Å²) in [6, 6.07) is 8.34. The molecule has 0 saturated carbocycles. The minimum atomic E-state index is -0.909. The van der Waals surface area contributed by atoms with Crippen molar-refractivity contribution in [3.8, 4) is 0 Å². The Labute approximate surface area is 192 Å². The minimum Gasteiger partial charge on any atom is -0.481 e. The second-order valence-corrected chi connectivity index (χ2v) is 8.65. The summed E-state index contributed by atoms with van der Waals surface area (Å²) >= 11 is 6.00. The van der Waals surface area contributed by atoms with Gasteiger partial charge in [-0.1, -0.05) is 23.7 Å². The number of aliphatic carboxylic acids is 1. The zero-order valence-corrected chi connectivity index (χ0v) is 19.0. The van der Waals surface area contributed by atoms with Gasteiger partial charge in [-0.25, -0.2) is 9.37 Å². The van der Waals surface area contributed by atoms with Gasteiger partial charge in [0.15, 0.2) is 0 Å². The number of aryl methyl sites for hydroxylation is 1. The van der Waals surface area contributed by atoms with E-state index in [0.717, 1.165) is 5.56 Å². The number of nitrogens with zero attached hydrogens (tertiary/aromatic N) is 3. The molecule has 1 saturated heterocycles. The van der Waals surface area contributed by atoms with Gasteiger partial charge in [-0.2, -0.15) is 0 Å². The van der Waals surface area contributed by atoms with Crippen LogP contribution >= 0.6 is 11.6 Å². The number of benzene rings is 1. The Morgan fingerprint density at radius 2 is 1.94 bits per heavy atom. The van der Waals surface area contributed by atoms with E-state index < -0.39 is 5.97 Å². The van der Waals surface area contributed by atoms with Crippen LogP contribution in [0.1, 0.15) is 31.4 Å². The first-order valence-electron chi connectivity index (χ1n) is 10.6. The molecule has 1 amide bonds. The molecule has 2 unspecified atom stereocenters. The molecule has 1 fully saturated rings. The van der Waals surface area contributed by atoms with Gasteiger partial charge in [-0.3, -0.25) is 14.5 Å². The minimum absolute atomic E-state index is 0.0191. The zero-order valence-electron chi connectivity index (χ0n) is 18.2. The smallest absolute Gasteiger partial charge is 0.303 e. The van der Waals surface area contributed by atoms with E-state index in [4.69, 9.17) is 16.7 Å². The molecule has 2 aromatic rings. The molecule has 9 heteroatoms. The van der Waals surface area contributed by atoms with Crippen LogP contribution < -0.4 is 5.32 Å². The number of rotatable bonds is 8. The summed E-state index contributed by atoms with van der Waals surface area (Å²) in [5.74, 6) is -0.737. The largest absolute Gasteiger partial charge is 0.481 e. The van der Waals surface area contributed by atoms with Crippen molar-refractivity contribution in [1.82, 2.24) is 14.8 Å². The van der Waals surface area contributed by atoms with Crippen LogP contribution in [0.5, 0.6) is 0 Å². The maximum Gasteiger partial charge on any atom is 0.303 e. The lowest BCUT2D eigenvalue weighted by atomic mass is 10.1. The van der Waals surface area contributed by atoms with Crippen molar-refractivity contribution in [3.05, 3.63) is 58.5 Å². The lowest BCUT2D eigenvalue weighted by molar-refractivity contribution is -0.137. The number of carboxylic acids is 1. The highest BCUT2D eigenvalue weighted by molar-refractivity contribution is 6.30. The van der Waals surface area contributed by atoms with Gasteiger partial charge in [-0.15, -0.1) is 0 Å². The average Bonchev–Trinajstić information content (AvgIpc) is 2.75. The fraction of sp³-hybridized carbons (Fsp3) is 0.435. The number of nitrogens with one attached hydrogen (secondary N) is 1. The Kier molecular flexibility index (Phi) is 8.04. The summed E-state index contributed by atoms with van der Waals surface area (Å²) in [5.41, 5.74) is 1.70. The van der Waals surface area contributed by atoms with Gasteiger partial charge in [0.1, 0.15) is 11.6 Å². The molecule has 1 aromatic carbocycles. The SMILES string of the molecule is CC1CN(C(=O)CNc2ncc(Cl)cc2CCC(=O)O)C(C)CN1Cc1ccc(F)cc1. The Hall–Kier alpha value is -2.71. The van der Waals surface area contributed by atoms with Gasteiger partial charge in [0.2, 0.25) is 5.91 Å². The zero-order chi connectivity index (χ0) is 23.3. The maximum atomic E-state index is 13.2. The van der Waals surface area contributed by atoms with E-state index >= 15 is 0 Å². The molecule has 0 radical (unpaired) electrons. The third-order valence-electron chi connectivity index (χ3n) is 5.68. The van der Waals surface area contributed by atoms with Crippen LogP contribution in [0.25, 0.3) is 0 Å². The van der Waals surface area contributed by atoms with E-state index in [1.807, 2.05) is 11.8 Å². The van der Waals surface area contributed by atoms with Gasteiger partial charge < -0.3 is 15.3 Å². The lowest BCUT2D eigenvalue weighted by Gasteiger charge is -2.44. The predicted octanol–water partition coefficient (Wildman–Crippen LogP) is 3.42. The number of hydrogen-bond donors (Lipinski definition) is 2. The highest BCUT2D eigenvalue weighted by Gasteiger charge is 2.31. The van der Waals surface area contributed by atoms with Crippen molar-refractivity contribution in [2.75, 3.05) is 25.0 Å². The Morgan fingerprint density at radius 3 is 2.62 bits per heavy atom. The number of carbonyl (C=O) groups is 2. The van der Waals surface area contributed by atoms with Crippen molar-refractivity contribution in [1.29, 1.82) is 0 Å². The van der Waals surface area contributed by atoms with Crippen LogP contribution in [0.2, 0.25) is 5.02 Å². The molecule has 172 valence electrons. The molecule has 7 nitrogen and oxygen atoms in total. The molecular formula is C23H28ClFN4O3. The summed E-state index contributed by atoms with van der Waals surface area (Å²) in [6.07, 6.45) is 1.70. The summed E-state index contributed by atoms with van der Waals surface area (Å²) < 4.78 is 13.2. The van der Waals surface area contributed by atoms with Crippen LogP contribution in [-0.2, 0) is 22.6 Å². The fourth-order valence-electron chi connectivity index (χ4n) is 3.92. The van der Waals surface area contributed by atoms with Gasteiger partial charge in [0.25, 0.3) is 0 Å². The average molecular weight is 463 g/mol. The highest BCUT2D eigenvalue weighted by atomic mass is 35.5. The van der Waals surface area contributed by atoms with Crippen molar-refractivity contribution >= 4 is 29.3 Å². The van der Waals surface area contributed by atoms with Crippen molar-refractivity contribution in [2.24, 2.45) is 0 Å². The molecule has 2 atom stereocenters. The third kappa shape index (κ3) is 6.40. The maximum absolute atomic E-state index is 13.2. The molecule has 2 heterocycles. The fourth-order valence-corrected chi connectivity index (χ4v) is 4.10. The summed E-state index contributed by atoms with van der Waals surface area (Å²) in [6.45, 7) is 6.15. The first-order valence-corrected chi connectivity index (χ1v) is 11.0. The Bertz CT molecular complexity index is 957. The normalized spacial score (nSPS) is 19.1. The Balaban J connectivity index is 1.58. The number of anilines is 1. The van der Waals surface area contributed by atoms with Crippen molar-refractivity contribution in [3.63, 3.8) is 0 Å². The molecule has 1 aliphatic rings. The molecule has 0 bridgehead atoms. The van der Waals surface area contributed by atoms with Crippen LogP contribution in [0.4, 0.5) is 10.2 Å². The monoisotopic (exact) mass is 462 g/mol. The molecule has 3 rings (SSSR count). The number of hydrogen-bond acceptors (Lipinski definition) is 5. The number of carboxylic acid groups (broad SMARTS) is 1. The van der Waals surface area contributed by atoms with Crippen LogP contribution in [-0.4, -0.2) is 63.5 Å². The lowest BCUT2D eigenvalue weighted by Crippen LogP contribution is -2.58. The van der Waals surface area contributed by atoms with Gasteiger partial charge in [0, 0.05) is 44.3 Å². The first-order chi connectivity index (χ1) is 15.2. The summed E-state index contributed by atoms with van der Waals surface area (Å²) in [7, 11) is 0. The Morgan fingerprint density at radius 1 is 1.22 bits per heavy atom. The predicted molar refractivity (Wildman–Crippen MR) is 121 cm³/mol. The number of amides is 1. The molecule has 1 aromatic heterocycles. The van der Waals surface area contributed by atoms with E-state index in [2.05, 4.69) is 22.1 Å². The third-order valence-corrected chi connectivity index (χ3v) is 5.89. The standard InChI is InChI=1S/C23H28ClFN4O3/c1-15-13-29(16(2)12-28(15)14-17-3-6-20(25)7-4-17)21(30)11-27-23-18(5-8-22(31)32)9-19(24)10-26-23/h3-4,6-7,9-10,15-16H,5,8,11-14H2,1-2H3,(H,26,27)(H,31,32). The van der Waals surface area contributed by atoms with E-state index in [1.54, 1.807) is 18.2 Å². The summed E-state index contributed by atoms with van der Waals surface area (Å²) in [4.78, 5) is 32.2. The van der Waals surface area contributed by atoms with Gasteiger partial charge in [0.05, 0.1) is 11.6 Å². The molecule has 0 aliphatic carbocycles. The topological polar surface area (TPSA) is 85.8 Å². The van der Waals surface area contributed by atoms with Crippen LogP contribution in [0.15, 0.2) is 36.5 Å². The van der Waals surface area contributed by atoms with E-state index in [9.17, 15) is 14.0 Å². The number of pyridine rings is 1. The van der Waals surface area contributed by atoms with E-state index in [-0.39, 0.29) is 43.2 Å². The van der Waals surface area contributed by atoms with Crippen molar-refractivity contribution < 1.29 is 19.1 Å². The van der Waals surface area contributed by atoms with Gasteiger partial charge in [-0.05, 0) is 49.6 Å². The second-order valence-electron chi connectivity index (χ2n) is 8.21. The number of halogens is 2. The van der Waals surface area contributed by atoms with Gasteiger partial charge >= 0.3 is 5.97 Å².